The third-order valence-corrected chi connectivity index (χ3v) is 5.01. The highest BCUT2D eigenvalue weighted by Crippen LogP contribution is 2.28. The maximum atomic E-state index is 13.8. The van der Waals surface area contributed by atoms with E-state index in [0.717, 1.165) is 12.8 Å². The summed E-state index contributed by atoms with van der Waals surface area (Å²) in [6.45, 7) is 0.343. The second-order valence-electron chi connectivity index (χ2n) is 5.36. The van der Waals surface area contributed by atoms with E-state index in [0.29, 0.717) is 34.9 Å². The van der Waals surface area contributed by atoms with Gasteiger partial charge in [-0.15, -0.1) is 0 Å². The van der Waals surface area contributed by atoms with Gasteiger partial charge >= 0.3 is 0 Å². The number of benzene rings is 1. The van der Waals surface area contributed by atoms with Crippen molar-refractivity contribution in [2.45, 2.75) is 37.1 Å². The quantitative estimate of drug-likeness (QED) is 0.661. The zero-order chi connectivity index (χ0) is 15.9. The number of nitriles is 1. The van der Waals surface area contributed by atoms with Gasteiger partial charge in [-0.05, 0) is 37.7 Å². The molecule has 0 amide bonds. The molecule has 118 valence electrons. The third-order valence-electron chi connectivity index (χ3n) is 3.91. The molecule has 1 fully saturated rings. The largest absolute Gasteiger partial charge is 0.354 e. The molecule has 0 aliphatic heterocycles. The minimum absolute atomic E-state index is 0.331. The molecule has 2 atom stereocenters. The van der Waals surface area contributed by atoms with Crippen LogP contribution < -0.4 is 10.6 Å². The van der Waals surface area contributed by atoms with Crippen LogP contribution in [0.3, 0.4) is 0 Å². The molecule has 0 bridgehead atoms. The van der Waals surface area contributed by atoms with Gasteiger partial charge in [-0.3, -0.25) is 4.99 Å². The third kappa shape index (κ3) is 4.38. The summed E-state index contributed by atoms with van der Waals surface area (Å²) in [5.74, 6) is 0.320. The standard InChI is InChI=1S/C16H21FN4S/c1-19-16(21-13-5-6-14(8-13)22-2)20-10-12-4-3-11(9-18)7-15(12)17/h3-4,7,13-14H,5-6,8,10H2,1-2H3,(H2,19,20,21). The minimum Gasteiger partial charge on any atom is -0.354 e. The molecule has 0 radical (unpaired) electrons. The average Bonchev–Trinajstić information content (AvgIpc) is 2.99. The maximum Gasteiger partial charge on any atom is 0.191 e. The number of nitrogens with zero attached hydrogens (tertiary/aromatic N) is 2. The molecule has 1 saturated carbocycles. The topological polar surface area (TPSA) is 60.2 Å². The fourth-order valence-electron chi connectivity index (χ4n) is 2.61. The molecule has 2 N–H and O–H groups in total. The van der Waals surface area contributed by atoms with Crippen molar-refractivity contribution < 1.29 is 4.39 Å². The van der Waals surface area contributed by atoms with E-state index in [9.17, 15) is 4.39 Å². The van der Waals surface area contributed by atoms with E-state index in [1.165, 1.54) is 12.5 Å². The Balaban J connectivity index is 1.88. The van der Waals surface area contributed by atoms with Crippen molar-refractivity contribution in [2.75, 3.05) is 13.3 Å². The summed E-state index contributed by atoms with van der Waals surface area (Å²) >= 11 is 1.91. The van der Waals surface area contributed by atoms with E-state index in [2.05, 4.69) is 21.9 Å². The molecule has 1 aliphatic carbocycles. The molecule has 0 spiro atoms. The van der Waals surface area contributed by atoms with Gasteiger partial charge in [0.2, 0.25) is 0 Å². The summed E-state index contributed by atoms with van der Waals surface area (Å²) in [7, 11) is 1.71. The fraction of sp³-hybridized carbons (Fsp3) is 0.500. The van der Waals surface area contributed by atoms with Crippen molar-refractivity contribution >= 4 is 17.7 Å². The lowest BCUT2D eigenvalue weighted by molar-refractivity contribution is 0.594. The van der Waals surface area contributed by atoms with Crippen LogP contribution in [-0.2, 0) is 6.54 Å². The first-order valence-electron chi connectivity index (χ1n) is 7.34. The Morgan fingerprint density at radius 2 is 2.32 bits per heavy atom. The Bertz CT molecular complexity index is 582. The molecule has 4 nitrogen and oxygen atoms in total. The van der Waals surface area contributed by atoms with Crippen molar-refractivity contribution in [3.8, 4) is 6.07 Å². The molecule has 1 aromatic rings. The Hall–Kier alpha value is -1.74. The first-order chi connectivity index (χ1) is 10.7. The van der Waals surface area contributed by atoms with Gasteiger partial charge in [-0.1, -0.05) is 6.07 Å². The Labute approximate surface area is 135 Å². The molecule has 0 aromatic heterocycles. The van der Waals surface area contributed by atoms with Crippen LogP contribution in [-0.4, -0.2) is 30.6 Å². The second kappa shape index (κ2) is 8.04. The smallest absolute Gasteiger partial charge is 0.191 e. The Morgan fingerprint density at radius 1 is 1.50 bits per heavy atom. The minimum atomic E-state index is -0.370. The van der Waals surface area contributed by atoms with Gasteiger partial charge < -0.3 is 10.6 Å². The van der Waals surface area contributed by atoms with Crippen LogP contribution in [0.25, 0.3) is 0 Å². The van der Waals surface area contributed by atoms with Crippen LogP contribution in [0.5, 0.6) is 0 Å². The predicted molar refractivity (Wildman–Crippen MR) is 89.4 cm³/mol. The molecule has 0 heterocycles. The second-order valence-corrected chi connectivity index (χ2v) is 6.49. The number of aliphatic imine (C=N–C) groups is 1. The molecular formula is C16H21FN4S. The van der Waals surface area contributed by atoms with Crippen molar-refractivity contribution in [3.63, 3.8) is 0 Å². The van der Waals surface area contributed by atoms with E-state index < -0.39 is 0 Å². The molecule has 1 aliphatic rings. The van der Waals surface area contributed by atoms with Crippen LogP contribution in [0.1, 0.15) is 30.4 Å². The summed E-state index contributed by atoms with van der Waals surface area (Å²) in [6, 6.07) is 6.87. The Morgan fingerprint density at radius 3 is 2.91 bits per heavy atom. The van der Waals surface area contributed by atoms with Crippen molar-refractivity contribution in [1.82, 2.24) is 10.6 Å². The molecule has 1 aromatic carbocycles. The summed E-state index contributed by atoms with van der Waals surface area (Å²) in [5, 5.41) is 16.0. The van der Waals surface area contributed by atoms with Crippen molar-refractivity contribution in [1.29, 1.82) is 5.26 Å². The van der Waals surface area contributed by atoms with E-state index in [-0.39, 0.29) is 5.82 Å². The highest BCUT2D eigenvalue weighted by Gasteiger charge is 2.24. The van der Waals surface area contributed by atoms with Gasteiger partial charge in [0.05, 0.1) is 11.6 Å². The van der Waals surface area contributed by atoms with Crippen LogP contribution in [0.4, 0.5) is 4.39 Å². The van der Waals surface area contributed by atoms with Crippen molar-refractivity contribution in [3.05, 3.63) is 35.1 Å². The number of nitrogens with one attached hydrogen (secondary N) is 2. The molecule has 2 rings (SSSR count). The van der Waals surface area contributed by atoms with Gasteiger partial charge in [0, 0.05) is 30.4 Å². The zero-order valence-electron chi connectivity index (χ0n) is 12.9. The summed E-state index contributed by atoms with van der Waals surface area (Å²) in [5.41, 5.74) is 0.855. The summed E-state index contributed by atoms with van der Waals surface area (Å²) in [6.07, 6.45) is 5.64. The molecular weight excluding hydrogens is 299 g/mol. The lowest BCUT2D eigenvalue weighted by Gasteiger charge is -2.17. The van der Waals surface area contributed by atoms with E-state index >= 15 is 0 Å². The molecule has 22 heavy (non-hydrogen) atoms. The number of halogens is 1. The number of rotatable bonds is 4. The average molecular weight is 320 g/mol. The Kier molecular flexibility index (Phi) is 6.08. The zero-order valence-corrected chi connectivity index (χ0v) is 13.7. The maximum absolute atomic E-state index is 13.8. The number of guanidine groups is 1. The summed E-state index contributed by atoms with van der Waals surface area (Å²) < 4.78 is 13.8. The number of thioether (sulfide) groups is 1. The monoisotopic (exact) mass is 320 g/mol. The highest BCUT2D eigenvalue weighted by atomic mass is 32.2. The van der Waals surface area contributed by atoms with E-state index in [1.54, 1.807) is 19.2 Å². The molecule has 2 unspecified atom stereocenters. The van der Waals surface area contributed by atoms with Crippen LogP contribution in [0.15, 0.2) is 23.2 Å². The first kappa shape index (κ1) is 16.6. The molecule has 0 saturated heterocycles. The van der Waals surface area contributed by atoms with Gasteiger partial charge in [-0.2, -0.15) is 17.0 Å². The van der Waals surface area contributed by atoms with Crippen LogP contribution in [0, 0.1) is 17.1 Å². The predicted octanol–water partition coefficient (Wildman–Crippen LogP) is 2.65. The van der Waals surface area contributed by atoms with Gasteiger partial charge in [0.1, 0.15) is 5.82 Å². The normalized spacial score (nSPS) is 21.5. The van der Waals surface area contributed by atoms with Crippen molar-refractivity contribution in [2.24, 2.45) is 4.99 Å². The van der Waals surface area contributed by atoms with Crippen LogP contribution >= 0.6 is 11.8 Å². The van der Waals surface area contributed by atoms with E-state index in [1.807, 2.05) is 17.8 Å². The fourth-order valence-corrected chi connectivity index (χ4v) is 3.41. The van der Waals surface area contributed by atoms with Crippen LogP contribution in [0.2, 0.25) is 0 Å². The first-order valence-corrected chi connectivity index (χ1v) is 8.63. The van der Waals surface area contributed by atoms with Gasteiger partial charge in [-0.25, -0.2) is 4.39 Å². The lowest BCUT2D eigenvalue weighted by atomic mass is 10.1. The molecule has 6 heteroatoms. The SMILES string of the molecule is CN=C(NCc1ccc(C#N)cc1F)NC1CCC(SC)C1. The number of hydrogen-bond donors (Lipinski definition) is 2. The van der Waals surface area contributed by atoms with Gasteiger partial charge in [0.15, 0.2) is 5.96 Å². The van der Waals surface area contributed by atoms with E-state index in [4.69, 9.17) is 5.26 Å². The summed E-state index contributed by atoms with van der Waals surface area (Å²) in [4.78, 5) is 4.19. The lowest BCUT2D eigenvalue weighted by Crippen LogP contribution is -2.42. The number of hydrogen-bond acceptors (Lipinski definition) is 3. The van der Waals surface area contributed by atoms with Gasteiger partial charge in [0.25, 0.3) is 0 Å². The highest BCUT2D eigenvalue weighted by molar-refractivity contribution is 7.99.